The van der Waals surface area contributed by atoms with Crippen LogP contribution in [-0.4, -0.2) is 33.5 Å². The number of nitrogens with zero attached hydrogens (tertiary/aromatic N) is 3. The molecule has 0 bridgehead atoms. The Balaban J connectivity index is 2.08. The van der Waals surface area contributed by atoms with Gasteiger partial charge in [0.15, 0.2) is 0 Å². The van der Waals surface area contributed by atoms with Gasteiger partial charge in [-0.05, 0) is 6.92 Å². The van der Waals surface area contributed by atoms with Crippen molar-refractivity contribution in [1.82, 2.24) is 20.1 Å². The van der Waals surface area contributed by atoms with E-state index in [9.17, 15) is 4.39 Å². The normalized spacial score (nSPS) is 19.8. The van der Waals surface area contributed by atoms with Crippen molar-refractivity contribution in [1.29, 1.82) is 0 Å². The fourth-order valence-electron chi connectivity index (χ4n) is 1.49. The maximum absolute atomic E-state index is 13.6. The van der Waals surface area contributed by atoms with Gasteiger partial charge < -0.3 is 5.32 Å². The maximum Gasteiger partial charge on any atom is 0.142 e. The number of aryl methyl sites for hydroxylation is 1. The molecule has 0 aliphatic carbocycles. The van der Waals surface area contributed by atoms with E-state index in [0.29, 0.717) is 19.5 Å². The molecule has 1 aliphatic rings. The van der Waals surface area contributed by atoms with Crippen LogP contribution in [0, 0.1) is 0 Å². The van der Waals surface area contributed by atoms with E-state index in [1.165, 1.54) is 6.33 Å². The van der Waals surface area contributed by atoms with Crippen LogP contribution in [0.1, 0.15) is 12.7 Å². The van der Waals surface area contributed by atoms with E-state index in [1.807, 2.05) is 6.92 Å². The van der Waals surface area contributed by atoms with Crippen LogP contribution >= 0.6 is 0 Å². The van der Waals surface area contributed by atoms with Gasteiger partial charge in [0.05, 0.1) is 0 Å². The Hall–Kier alpha value is -0.970. The number of halogens is 1. The van der Waals surface area contributed by atoms with Crippen molar-refractivity contribution in [2.45, 2.75) is 25.6 Å². The van der Waals surface area contributed by atoms with Crippen molar-refractivity contribution in [2.24, 2.45) is 0 Å². The second-order valence-corrected chi connectivity index (χ2v) is 3.42. The highest BCUT2D eigenvalue weighted by Gasteiger charge is 2.38. The number of aromatic nitrogens is 3. The Morgan fingerprint density at radius 2 is 2.46 bits per heavy atom. The quantitative estimate of drug-likeness (QED) is 0.727. The summed E-state index contributed by atoms with van der Waals surface area (Å²) in [5, 5.41) is 6.91. The van der Waals surface area contributed by atoms with Gasteiger partial charge in [-0.15, -0.1) is 0 Å². The molecule has 4 nitrogen and oxygen atoms in total. The van der Waals surface area contributed by atoms with Gasteiger partial charge in [0.25, 0.3) is 0 Å². The third kappa shape index (κ3) is 1.56. The van der Waals surface area contributed by atoms with E-state index < -0.39 is 5.67 Å². The lowest BCUT2D eigenvalue weighted by atomic mass is 9.95. The maximum atomic E-state index is 13.6. The Bertz CT molecular complexity index is 292. The minimum absolute atomic E-state index is 0.369. The molecule has 13 heavy (non-hydrogen) atoms. The first-order valence-electron chi connectivity index (χ1n) is 4.50. The Morgan fingerprint density at radius 3 is 3.00 bits per heavy atom. The second-order valence-electron chi connectivity index (χ2n) is 3.42. The fourth-order valence-corrected chi connectivity index (χ4v) is 1.49. The van der Waals surface area contributed by atoms with Crippen LogP contribution in [0.2, 0.25) is 0 Å². The van der Waals surface area contributed by atoms with Gasteiger partial charge in [0.2, 0.25) is 0 Å². The monoisotopic (exact) mass is 184 g/mol. The van der Waals surface area contributed by atoms with Crippen molar-refractivity contribution in [3.8, 4) is 0 Å². The number of hydrogen-bond acceptors (Lipinski definition) is 3. The molecule has 1 aliphatic heterocycles. The van der Waals surface area contributed by atoms with Crippen molar-refractivity contribution in [3.63, 3.8) is 0 Å². The first-order valence-corrected chi connectivity index (χ1v) is 4.50. The van der Waals surface area contributed by atoms with Crippen LogP contribution in [0.3, 0.4) is 0 Å². The molecule has 0 atom stereocenters. The van der Waals surface area contributed by atoms with Crippen LogP contribution in [0.4, 0.5) is 4.39 Å². The fraction of sp³-hybridized carbons (Fsp3) is 0.750. The third-order valence-corrected chi connectivity index (χ3v) is 2.35. The summed E-state index contributed by atoms with van der Waals surface area (Å²) in [6, 6.07) is 0. The smallest absolute Gasteiger partial charge is 0.142 e. The van der Waals surface area contributed by atoms with E-state index in [-0.39, 0.29) is 0 Å². The number of hydrogen-bond donors (Lipinski definition) is 1. The molecule has 0 amide bonds. The molecule has 1 fully saturated rings. The van der Waals surface area contributed by atoms with E-state index >= 15 is 0 Å². The molecule has 0 radical (unpaired) electrons. The zero-order valence-electron chi connectivity index (χ0n) is 7.63. The SMILES string of the molecule is CCn1ncnc1CC1(F)CNC1. The number of nitrogens with one attached hydrogen (secondary N) is 1. The summed E-state index contributed by atoms with van der Waals surface area (Å²) in [6.45, 7) is 3.59. The van der Waals surface area contributed by atoms with E-state index in [1.54, 1.807) is 4.68 Å². The molecule has 2 rings (SSSR count). The van der Waals surface area contributed by atoms with Gasteiger partial charge in [0.1, 0.15) is 17.8 Å². The van der Waals surface area contributed by atoms with E-state index in [0.717, 1.165) is 12.4 Å². The van der Waals surface area contributed by atoms with Crippen LogP contribution in [0.15, 0.2) is 6.33 Å². The summed E-state index contributed by atoms with van der Waals surface area (Å²) in [4.78, 5) is 4.04. The van der Waals surface area contributed by atoms with Gasteiger partial charge >= 0.3 is 0 Å². The highest BCUT2D eigenvalue weighted by Crippen LogP contribution is 2.20. The molecule has 0 unspecified atom stereocenters. The molecule has 1 N–H and O–H groups in total. The van der Waals surface area contributed by atoms with Crippen molar-refractivity contribution in [2.75, 3.05) is 13.1 Å². The molecule has 2 heterocycles. The van der Waals surface area contributed by atoms with Gasteiger partial charge in [0, 0.05) is 26.1 Å². The molecule has 72 valence electrons. The molecule has 0 saturated carbocycles. The molecular formula is C8H13FN4. The lowest BCUT2D eigenvalue weighted by molar-refractivity contribution is 0.0874. The molecule has 1 aromatic rings. The number of rotatable bonds is 3. The standard InChI is InChI=1S/C8H13FN4/c1-2-13-7(11-6-12-13)3-8(9)4-10-5-8/h6,10H,2-5H2,1H3. The average molecular weight is 184 g/mol. The zero-order valence-corrected chi connectivity index (χ0v) is 7.63. The average Bonchev–Trinajstić information content (AvgIpc) is 2.49. The third-order valence-electron chi connectivity index (χ3n) is 2.35. The minimum Gasteiger partial charge on any atom is -0.310 e. The summed E-state index contributed by atoms with van der Waals surface area (Å²) < 4.78 is 15.4. The van der Waals surface area contributed by atoms with Crippen LogP contribution < -0.4 is 5.32 Å². The zero-order chi connectivity index (χ0) is 9.31. The summed E-state index contributed by atoms with van der Waals surface area (Å²) in [5.74, 6) is 0.742. The summed E-state index contributed by atoms with van der Waals surface area (Å²) >= 11 is 0. The van der Waals surface area contributed by atoms with Gasteiger partial charge in [-0.2, -0.15) is 5.10 Å². The van der Waals surface area contributed by atoms with Gasteiger partial charge in [-0.25, -0.2) is 9.37 Å². The lowest BCUT2D eigenvalue weighted by Gasteiger charge is -2.34. The topological polar surface area (TPSA) is 42.7 Å². The molecule has 0 spiro atoms. The first-order chi connectivity index (χ1) is 6.23. The van der Waals surface area contributed by atoms with E-state index in [4.69, 9.17) is 0 Å². The molecular weight excluding hydrogens is 171 g/mol. The van der Waals surface area contributed by atoms with Crippen molar-refractivity contribution in [3.05, 3.63) is 12.2 Å². The molecule has 1 aromatic heterocycles. The minimum atomic E-state index is -1.10. The Labute approximate surface area is 76.2 Å². The largest absolute Gasteiger partial charge is 0.310 e. The predicted molar refractivity (Wildman–Crippen MR) is 46.1 cm³/mol. The Kier molecular flexibility index (Phi) is 2.03. The Morgan fingerprint density at radius 1 is 1.69 bits per heavy atom. The predicted octanol–water partition coefficient (Wildman–Crippen LogP) is 0.152. The second kappa shape index (κ2) is 3.06. The van der Waals surface area contributed by atoms with Gasteiger partial charge in [-0.3, -0.25) is 4.68 Å². The lowest BCUT2D eigenvalue weighted by Crippen LogP contribution is -2.57. The number of alkyl halides is 1. The molecule has 1 saturated heterocycles. The highest BCUT2D eigenvalue weighted by atomic mass is 19.1. The van der Waals surface area contributed by atoms with Crippen molar-refractivity contribution >= 4 is 0 Å². The summed E-state index contributed by atoms with van der Waals surface area (Å²) in [5.41, 5.74) is -1.10. The van der Waals surface area contributed by atoms with Crippen LogP contribution in [0.5, 0.6) is 0 Å². The first kappa shape index (κ1) is 8.62. The summed E-state index contributed by atoms with van der Waals surface area (Å²) in [7, 11) is 0. The van der Waals surface area contributed by atoms with Gasteiger partial charge in [-0.1, -0.05) is 0 Å². The molecule has 0 aromatic carbocycles. The summed E-state index contributed by atoms with van der Waals surface area (Å²) in [6.07, 6.45) is 1.85. The van der Waals surface area contributed by atoms with E-state index in [2.05, 4.69) is 15.4 Å². The van der Waals surface area contributed by atoms with Crippen LogP contribution in [-0.2, 0) is 13.0 Å². The highest BCUT2D eigenvalue weighted by molar-refractivity contribution is 5.02. The molecule has 5 heteroatoms. The van der Waals surface area contributed by atoms with Crippen molar-refractivity contribution < 1.29 is 4.39 Å². The van der Waals surface area contributed by atoms with Crippen LogP contribution in [0.25, 0.3) is 0 Å².